The van der Waals surface area contributed by atoms with Gasteiger partial charge < -0.3 is 10.2 Å². The average Bonchev–Trinajstić information content (AvgIpc) is 2.98. The smallest absolute Gasteiger partial charge is 0.282 e. The second-order valence-electron chi connectivity index (χ2n) is 6.61. The molecule has 2 aromatic rings. The lowest BCUT2D eigenvalue weighted by atomic mass is 9.92. The van der Waals surface area contributed by atoms with Crippen molar-refractivity contribution >= 4 is 34.8 Å². The van der Waals surface area contributed by atoms with Crippen LogP contribution in [0.5, 0.6) is 0 Å². The predicted molar refractivity (Wildman–Crippen MR) is 104 cm³/mol. The number of nitrogens with one attached hydrogen (secondary N) is 1. The van der Waals surface area contributed by atoms with Crippen LogP contribution in [0.4, 0.5) is 8.78 Å². The van der Waals surface area contributed by atoms with Crippen molar-refractivity contribution in [3.63, 3.8) is 0 Å². The fourth-order valence-corrected chi connectivity index (χ4v) is 3.06. The number of halogens is 4. The molecule has 0 bridgehead atoms. The van der Waals surface area contributed by atoms with Gasteiger partial charge in [-0.2, -0.15) is 5.10 Å². The summed E-state index contributed by atoms with van der Waals surface area (Å²) in [6.07, 6.45) is -1.37. The van der Waals surface area contributed by atoms with Gasteiger partial charge in [-0.1, -0.05) is 34.4 Å². The molecule has 28 heavy (non-hydrogen) atoms. The highest BCUT2D eigenvalue weighted by molar-refractivity contribution is 6.35. The summed E-state index contributed by atoms with van der Waals surface area (Å²) >= 11 is 12.1. The van der Waals surface area contributed by atoms with E-state index in [2.05, 4.69) is 15.6 Å². The minimum absolute atomic E-state index is 0.202. The fourth-order valence-electron chi connectivity index (χ4n) is 2.59. The molecule has 2 rings (SSSR count). The van der Waals surface area contributed by atoms with Gasteiger partial charge in [-0.3, -0.25) is 9.48 Å². The van der Waals surface area contributed by atoms with Crippen molar-refractivity contribution in [3.05, 3.63) is 51.3 Å². The number of hydrogen-bond donors (Lipinski definition) is 1. The molecule has 1 heterocycles. The number of amides is 1. The molecule has 0 aliphatic rings. The molecule has 1 amide bonds. The number of alkyl halides is 2. The lowest BCUT2D eigenvalue weighted by Gasteiger charge is -2.28. The molecule has 0 saturated heterocycles. The Morgan fingerprint density at radius 1 is 1.39 bits per heavy atom. The lowest BCUT2D eigenvalue weighted by Crippen LogP contribution is -2.50. The number of benzene rings is 1. The second-order valence-corrected chi connectivity index (χ2v) is 7.46. The zero-order valence-electron chi connectivity index (χ0n) is 15.8. The standard InChI is InChI=1S/C18H20Cl2F2N4O2/c1-18(2,23-17(27)12-9-26(3)24-15(12)16(21)22)14(25-28-4)7-10-5-6-11(19)8-13(10)20/h5-6,8-9,16H,7H2,1-4H3,(H,23,27)/b25-14+. The van der Waals surface area contributed by atoms with E-state index in [4.69, 9.17) is 28.0 Å². The number of aromatic nitrogens is 2. The molecule has 0 unspecified atom stereocenters. The average molecular weight is 433 g/mol. The number of carbonyl (C=O) groups is 1. The molecule has 0 spiro atoms. The quantitative estimate of drug-likeness (QED) is 0.519. The van der Waals surface area contributed by atoms with Gasteiger partial charge in [0, 0.05) is 29.7 Å². The maximum Gasteiger partial charge on any atom is 0.282 e. The highest BCUT2D eigenvalue weighted by Gasteiger charge is 2.31. The first-order chi connectivity index (χ1) is 13.0. The molecular formula is C18H20Cl2F2N4O2. The summed E-state index contributed by atoms with van der Waals surface area (Å²) in [5.41, 5.74) is -0.645. The van der Waals surface area contributed by atoms with Crippen LogP contribution in [0, 0.1) is 0 Å². The number of oxime groups is 1. The molecule has 0 atom stereocenters. The molecule has 0 aliphatic carbocycles. The summed E-state index contributed by atoms with van der Waals surface area (Å²) in [5.74, 6) is -0.695. The first kappa shape index (κ1) is 22.1. The topological polar surface area (TPSA) is 68.5 Å². The molecule has 0 saturated carbocycles. The van der Waals surface area contributed by atoms with Gasteiger partial charge in [0.15, 0.2) is 0 Å². The van der Waals surface area contributed by atoms with Crippen LogP contribution in [0.25, 0.3) is 0 Å². The highest BCUT2D eigenvalue weighted by atomic mass is 35.5. The van der Waals surface area contributed by atoms with E-state index >= 15 is 0 Å². The van der Waals surface area contributed by atoms with Gasteiger partial charge >= 0.3 is 0 Å². The molecule has 10 heteroatoms. The molecule has 152 valence electrons. The van der Waals surface area contributed by atoms with E-state index in [0.717, 1.165) is 5.56 Å². The van der Waals surface area contributed by atoms with Gasteiger partial charge in [0.2, 0.25) is 0 Å². The molecule has 1 N–H and O–H groups in total. The van der Waals surface area contributed by atoms with Gasteiger partial charge in [0.25, 0.3) is 12.3 Å². The second kappa shape index (κ2) is 8.87. The van der Waals surface area contributed by atoms with Crippen molar-refractivity contribution in [2.45, 2.75) is 32.2 Å². The SMILES string of the molecule is CO/N=C(\Cc1ccc(Cl)cc1Cl)C(C)(C)NC(=O)c1cn(C)nc1C(F)F. The van der Waals surface area contributed by atoms with Crippen LogP contribution in [-0.4, -0.2) is 34.0 Å². The Hall–Kier alpha value is -2.19. The Morgan fingerprint density at radius 2 is 2.07 bits per heavy atom. The van der Waals surface area contributed by atoms with E-state index in [0.29, 0.717) is 15.8 Å². The largest absolute Gasteiger partial charge is 0.399 e. The molecule has 0 radical (unpaired) electrons. The van der Waals surface area contributed by atoms with Crippen LogP contribution in [0.3, 0.4) is 0 Å². The van der Waals surface area contributed by atoms with Crippen molar-refractivity contribution in [2.75, 3.05) is 7.11 Å². The van der Waals surface area contributed by atoms with Crippen LogP contribution < -0.4 is 5.32 Å². The summed E-state index contributed by atoms with van der Waals surface area (Å²) < 4.78 is 27.5. The predicted octanol–water partition coefficient (Wildman–Crippen LogP) is 4.42. The maximum atomic E-state index is 13.2. The Labute approximate surface area is 171 Å². The van der Waals surface area contributed by atoms with E-state index in [1.807, 2.05) is 0 Å². The van der Waals surface area contributed by atoms with E-state index in [1.165, 1.54) is 25.0 Å². The van der Waals surface area contributed by atoms with E-state index < -0.39 is 23.6 Å². The van der Waals surface area contributed by atoms with Gasteiger partial charge in [-0.15, -0.1) is 0 Å². The van der Waals surface area contributed by atoms with Crippen molar-refractivity contribution in [1.29, 1.82) is 0 Å². The lowest BCUT2D eigenvalue weighted by molar-refractivity contribution is 0.0915. The number of nitrogens with zero attached hydrogens (tertiary/aromatic N) is 3. The molecular weight excluding hydrogens is 413 g/mol. The summed E-state index contributed by atoms with van der Waals surface area (Å²) in [6, 6.07) is 5.02. The monoisotopic (exact) mass is 432 g/mol. The van der Waals surface area contributed by atoms with Crippen molar-refractivity contribution < 1.29 is 18.4 Å². The first-order valence-electron chi connectivity index (χ1n) is 8.23. The van der Waals surface area contributed by atoms with Gasteiger partial charge in [0.05, 0.1) is 16.8 Å². The number of carbonyl (C=O) groups excluding carboxylic acids is 1. The van der Waals surface area contributed by atoms with Gasteiger partial charge in [0.1, 0.15) is 12.8 Å². The minimum atomic E-state index is -2.87. The summed E-state index contributed by atoms with van der Waals surface area (Å²) in [6.45, 7) is 3.37. The highest BCUT2D eigenvalue weighted by Crippen LogP contribution is 2.25. The first-order valence-corrected chi connectivity index (χ1v) is 8.99. The molecule has 1 aromatic carbocycles. The summed E-state index contributed by atoms with van der Waals surface area (Å²) in [7, 11) is 2.84. The van der Waals surface area contributed by atoms with Crippen LogP contribution >= 0.6 is 23.2 Å². The zero-order chi connectivity index (χ0) is 21.1. The molecule has 1 aromatic heterocycles. The van der Waals surface area contributed by atoms with E-state index in [9.17, 15) is 13.6 Å². The summed E-state index contributed by atoms with van der Waals surface area (Å²) in [5, 5.41) is 11.3. The van der Waals surface area contributed by atoms with Gasteiger partial charge in [-0.05, 0) is 31.5 Å². The Morgan fingerprint density at radius 3 is 2.64 bits per heavy atom. The minimum Gasteiger partial charge on any atom is -0.399 e. The Bertz CT molecular complexity index is 898. The molecule has 0 aliphatic heterocycles. The van der Waals surface area contributed by atoms with E-state index in [-0.39, 0.29) is 12.0 Å². The van der Waals surface area contributed by atoms with Crippen LogP contribution in [0.1, 0.15) is 41.9 Å². The fraction of sp³-hybridized carbons (Fsp3) is 0.389. The Kier molecular flexibility index (Phi) is 7.01. The number of hydrogen-bond acceptors (Lipinski definition) is 4. The number of aryl methyl sites for hydroxylation is 1. The zero-order valence-corrected chi connectivity index (χ0v) is 17.3. The maximum absolute atomic E-state index is 13.2. The van der Waals surface area contributed by atoms with Crippen molar-refractivity contribution in [3.8, 4) is 0 Å². The summed E-state index contributed by atoms with van der Waals surface area (Å²) in [4.78, 5) is 17.5. The Balaban J connectivity index is 2.29. The third-order valence-corrected chi connectivity index (χ3v) is 4.62. The third kappa shape index (κ3) is 5.20. The number of rotatable bonds is 7. The normalized spacial score (nSPS) is 12.4. The third-order valence-electron chi connectivity index (χ3n) is 4.03. The molecule has 0 fully saturated rings. The van der Waals surface area contributed by atoms with Crippen LogP contribution in [0.2, 0.25) is 10.0 Å². The van der Waals surface area contributed by atoms with Crippen molar-refractivity contribution in [2.24, 2.45) is 12.2 Å². The van der Waals surface area contributed by atoms with E-state index in [1.54, 1.807) is 32.0 Å². The molecule has 6 nitrogen and oxygen atoms in total. The van der Waals surface area contributed by atoms with Crippen LogP contribution in [-0.2, 0) is 18.3 Å². The van der Waals surface area contributed by atoms with Gasteiger partial charge in [-0.25, -0.2) is 8.78 Å². The van der Waals surface area contributed by atoms with Crippen LogP contribution in [0.15, 0.2) is 29.6 Å². The van der Waals surface area contributed by atoms with Crippen molar-refractivity contribution in [1.82, 2.24) is 15.1 Å².